The zero-order valence-corrected chi connectivity index (χ0v) is 15.6. The first-order valence-electron chi connectivity index (χ1n) is 8.95. The molecule has 0 aliphatic carbocycles. The number of carbonyl (C=O) groups is 1. The van der Waals surface area contributed by atoms with Crippen LogP contribution in [0.5, 0.6) is 0 Å². The van der Waals surface area contributed by atoms with Crippen LogP contribution in [0, 0.1) is 0 Å². The zero-order chi connectivity index (χ0) is 17.2. The fraction of sp³-hybridized carbons (Fsp3) is 0.650. The van der Waals surface area contributed by atoms with E-state index in [9.17, 15) is 4.79 Å². The first-order chi connectivity index (χ1) is 11.2. The molecule has 0 aliphatic heterocycles. The molecule has 0 spiro atoms. The van der Waals surface area contributed by atoms with Crippen LogP contribution < -0.4 is 0 Å². The highest BCUT2D eigenvalue weighted by Crippen LogP contribution is 2.09. The zero-order valence-electron chi connectivity index (χ0n) is 14.8. The first-order valence-corrected chi connectivity index (χ1v) is 9.39. The predicted octanol–water partition coefficient (Wildman–Crippen LogP) is 6.70. The Bertz CT molecular complexity index is 357. The molecule has 0 amide bonds. The summed E-state index contributed by atoms with van der Waals surface area (Å²) in [5.74, 6) is -0.186. The van der Waals surface area contributed by atoms with Crippen molar-refractivity contribution in [3.63, 3.8) is 0 Å². The minimum absolute atomic E-state index is 0.186. The molecule has 132 valence electrons. The van der Waals surface area contributed by atoms with Crippen LogP contribution in [0.4, 0.5) is 0 Å². The second-order valence-electron chi connectivity index (χ2n) is 5.63. The highest BCUT2D eigenvalue weighted by atomic mass is 35.5. The Balaban J connectivity index is 3.31. The van der Waals surface area contributed by atoms with Crippen molar-refractivity contribution in [2.75, 3.05) is 0 Å². The standard InChI is InChI=1S/C20H33ClO2/c1-3-4-5-6-7-8-9-10-11-12-13-14-15-16-17-18-20(22)23-19(2)21/h4-5,7-8,10-11,19H,3,6,9,12-18H2,1-2H3. The van der Waals surface area contributed by atoms with E-state index in [2.05, 4.69) is 43.4 Å². The van der Waals surface area contributed by atoms with Crippen molar-refractivity contribution in [2.24, 2.45) is 0 Å². The highest BCUT2D eigenvalue weighted by Gasteiger charge is 2.05. The van der Waals surface area contributed by atoms with E-state index in [-0.39, 0.29) is 5.97 Å². The van der Waals surface area contributed by atoms with Crippen LogP contribution in [0.1, 0.15) is 78.1 Å². The summed E-state index contributed by atoms with van der Waals surface area (Å²) in [5.41, 5.74) is -0.517. The molecule has 1 atom stereocenters. The van der Waals surface area contributed by atoms with E-state index in [0.29, 0.717) is 6.42 Å². The second kappa shape index (κ2) is 17.3. The van der Waals surface area contributed by atoms with Crippen LogP contribution in [0.15, 0.2) is 36.5 Å². The van der Waals surface area contributed by atoms with Crippen molar-refractivity contribution in [2.45, 2.75) is 83.6 Å². The number of carbonyl (C=O) groups excluding carboxylic acids is 1. The number of halogens is 1. The number of unbranched alkanes of at least 4 members (excludes halogenated alkanes) is 5. The van der Waals surface area contributed by atoms with E-state index in [1.807, 2.05) is 0 Å². The van der Waals surface area contributed by atoms with Crippen molar-refractivity contribution in [3.8, 4) is 0 Å². The minimum atomic E-state index is -0.517. The highest BCUT2D eigenvalue weighted by molar-refractivity contribution is 6.19. The molecule has 0 N–H and O–H groups in total. The third kappa shape index (κ3) is 18.9. The molecule has 0 rings (SSSR count). The lowest BCUT2D eigenvalue weighted by molar-refractivity contribution is -0.144. The number of esters is 1. The number of hydrogen-bond donors (Lipinski definition) is 0. The number of ether oxygens (including phenoxy) is 1. The monoisotopic (exact) mass is 340 g/mol. The van der Waals surface area contributed by atoms with Crippen LogP contribution in [-0.2, 0) is 9.53 Å². The maximum absolute atomic E-state index is 11.3. The number of alkyl halides is 1. The molecule has 23 heavy (non-hydrogen) atoms. The Hall–Kier alpha value is -1.02. The molecule has 0 radical (unpaired) electrons. The summed E-state index contributed by atoms with van der Waals surface area (Å²) in [6.07, 6.45) is 23.8. The predicted molar refractivity (Wildman–Crippen MR) is 101 cm³/mol. The lowest BCUT2D eigenvalue weighted by Crippen LogP contribution is -2.08. The van der Waals surface area contributed by atoms with Gasteiger partial charge in [-0.05, 0) is 45.4 Å². The molecule has 3 heteroatoms. The molecule has 0 aromatic rings. The van der Waals surface area contributed by atoms with E-state index in [1.54, 1.807) is 6.92 Å². The lowest BCUT2D eigenvalue weighted by Gasteiger charge is -2.05. The summed E-state index contributed by atoms with van der Waals surface area (Å²) in [7, 11) is 0. The number of hydrogen-bond acceptors (Lipinski definition) is 2. The van der Waals surface area contributed by atoms with Crippen LogP contribution in [0.2, 0.25) is 0 Å². The van der Waals surface area contributed by atoms with Crippen molar-refractivity contribution < 1.29 is 9.53 Å². The summed E-state index contributed by atoms with van der Waals surface area (Å²) in [6.45, 7) is 3.81. The maximum Gasteiger partial charge on any atom is 0.307 e. The van der Waals surface area contributed by atoms with Gasteiger partial charge in [-0.15, -0.1) is 0 Å². The van der Waals surface area contributed by atoms with Gasteiger partial charge in [0.1, 0.15) is 0 Å². The second-order valence-corrected chi connectivity index (χ2v) is 6.25. The van der Waals surface area contributed by atoms with E-state index < -0.39 is 5.56 Å². The smallest absolute Gasteiger partial charge is 0.307 e. The number of rotatable bonds is 14. The maximum atomic E-state index is 11.3. The van der Waals surface area contributed by atoms with Gasteiger partial charge in [-0.3, -0.25) is 4.79 Å². The average Bonchev–Trinajstić information content (AvgIpc) is 2.50. The van der Waals surface area contributed by atoms with Gasteiger partial charge in [0.2, 0.25) is 0 Å². The summed E-state index contributed by atoms with van der Waals surface area (Å²) >= 11 is 5.59. The van der Waals surface area contributed by atoms with Gasteiger partial charge in [0.25, 0.3) is 0 Å². The van der Waals surface area contributed by atoms with Gasteiger partial charge in [-0.2, -0.15) is 0 Å². The molecule has 2 nitrogen and oxygen atoms in total. The van der Waals surface area contributed by atoms with Crippen LogP contribution in [0.3, 0.4) is 0 Å². The summed E-state index contributed by atoms with van der Waals surface area (Å²) < 4.78 is 4.88. The summed E-state index contributed by atoms with van der Waals surface area (Å²) in [4.78, 5) is 11.3. The van der Waals surface area contributed by atoms with Gasteiger partial charge >= 0.3 is 5.97 Å². The summed E-state index contributed by atoms with van der Waals surface area (Å²) in [5, 5.41) is 0. The third-order valence-electron chi connectivity index (χ3n) is 3.33. The van der Waals surface area contributed by atoms with Gasteiger partial charge in [-0.1, -0.05) is 74.2 Å². The van der Waals surface area contributed by atoms with Crippen LogP contribution >= 0.6 is 11.6 Å². The SMILES string of the molecule is CCC=CCC=CCC=CCCCCCCCC(=O)OC(C)Cl. The van der Waals surface area contributed by atoms with Gasteiger partial charge in [0, 0.05) is 6.42 Å². The third-order valence-corrected chi connectivity index (χ3v) is 3.41. The van der Waals surface area contributed by atoms with Crippen molar-refractivity contribution in [1.29, 1.82) is 0 Å². The van der Waals surface area contributed by atoms with E-state index in [0.717, 1.165) is 38.5 Å². The molecule has 0 fully saturated rings. The Morgan fingerprint density at radius 3 is 2.13 bits per heavy atom. The van der Waals surface area contributed by atoms with Crippen molar-refractivity contribution in [3.05, 3.63) is 36.5 Å². The molecule has 0 aliphatic rings. The Morgan fingerprint density at radius 1 is 0.913 bits per heavy atom. The minimum Gasteiger partial charge on any atom is -0.446 e. The topological polar surface area (TPSA) is 26.3 Å². The summed E-state index contributed by atoms with van der Waals surface area (Å²) in [6, 6.07) is 0. The molecule has 0 aromatic heterocycles. The normalized spacial score (nSPS) is 13.3. The van der Waals surface area contributed by atoms with E-state index >= 15 is 0 Å². The molecular weight excluding hydrogens is 308 g/mol. The molecule has 0 aromatic carbocycles. The quantitative estimate of drug-likeness (QED) is 0.152. The number of allylic oxidation sites excluding steroid dienone is 6. The van der Waals surface area contributed by atoms with E-state index in [1.165, 1.54) is 19.3 Å². The molecule has 0 bridgehead atoms. The Labute approximate surface area is 147 Å². The van der Waals surface area contributed by atoms with Gasteiger partial charge in [-0.25, -0.2) is 0 Å². The largest absolute Gasteiger partial charge is 0.446 e. The molecule has 0 heterocycles. The van der Waals surface area contributed by atoms with Gasteiger partial charge in [0.15, 0.2) is 5.56 Å². The Morgan fingerprint density at radius 2 is 1.48 bits per heavy atom. The molecule has 0 saturated heterocycles. The van der Waals surface area contributed by atoms with Crippen molar-refractivity contribution in [1.82, 2.24) is 0 Å². The van der Waals surface area contributed by atoms with Gasteiger partial charge < -0.3 is 4.74 Å². The van der Waals surface area contributed by atoms with Crippen LogP contribution in [0.25, 0.3) is 0 Å². The molecule has 1 unspecified atom stereocenters. The fourth-order valence-electron chi connectivity index (χ4n) is 2.13. The van der Waals surface area contributed by atoms with Crippen LogP contribution in [-0.4, -0.2) is 11.5 Å². The Kier molecular flexibility index (Phi) is 16.6. The van der Waals surface area contributed by atoms with Gasteiger partial charge in [0.05, 0.1) is 0 Å². The van der Waals surface area contributed by atoms with Crippen molar-refractivity contribution >= 4 is 17.6 Å². The average molecular weight is 341 g/mol. The molecule has 0 saturated carbocycles. The fourth-order valence-corrected chi connectivity index (χ4v) is 2.23. The molecular formula is C20H33ClO2. The van der Waals surface area contributed by atoms with E-state index in [4.69, 9.17) is 16.3 Å². The first kappa shape index (κ1) is 22.0. The lowest BCUT2D eigenvalue weighted by atomic mass is 10.1.